The van der Waals surface area contributed by atoms with Crippen LogP contribution in [0.2, 0.25) is 0 Å². The van der Waals surface area contributed by atoms with Crippen LogP contribution < -0.4 is 0 Å². The molecule has 0 spiro atoms. The van der Waals surface area contributed by atoms with Crippen molar-refractivity contribution in [3.8, 4) is 0 Å². The van der Waals surface area contributed by atoms with Gasteiger partial charge in [0.15, 0.2) is 0 Å². The second-order valence-electron chi connectivity index (χ2n) is 8.12. The van der Waals surface area contributed by atoms with E-state index in [1.165, 1.54) is 23.0 Å². The Morgan fingerprint density at radius 2 is 1.21 bits per heavy atom. The molecule has 168 valence electrons. The van der Waals surface area contributed by atoms with Gasteiger partial charge in [0.25, 0.3) is 0 Å². The Bertz CT molecular complexity index is 1430. The Hall–Kier alpha value is -4.25. The maximum atomic E-state index is 13.1. The molecule has 6 aromatic rings. The van der Waals surface area contributed by atoms with Gasteiger partial charge in [-0.1, -0.05) is 42.5 Å². The largest absolute Gasteiger partial charge is 0.343 e. The van der Waals surface area contributed by atoms with Crippen LogP contribution >= 0.6 is 0 Å². The van der Waals surface area contributed by atoms with Crippen LogP contribution in [0.3, 0.4) is 0 Å². The second-order valence-corrected chi connectivity index (χ2v) is 8.12. The Morgan fingerprint density at radius 3 is 1.94 bits per heavy atom. The van der Waals surface area contributed by atoms with Gasteiger partial charge < -0.3 is 9.13 Å². The Balaban J connectivity index is 0.000000142. The maximum absolute atomic E-state index is 13.1. The molecule has 0 saturated carbocycles. The molecule has 0 amide bonds. The highest BCUT2D eigenvalue weighted by Gasteiger charge is 2.03. The van der Waals surface area contributed by atoms with Crippen LogP contribution in [0, 0.1) is 11.6 Å². The molecule has 6 rings (SSSR count). The number of para-hydroxylation sites is 1. The Kier molecular flexibility index (Phi) is 6.17. The number of hydrogen-bond donors (Lipinski definition) is 0. The number of fused-ring (bicyclic) bond motifs is 2. The number of nitrogens with zero attached hydrogens (tertiary/aromatic N) is 3. The summed E-state index contributed by atoms with van der Waals surface area (Å²) < 4.78 is 30.3. The third-order valence-electron chi connectivity index (χ3n) is 5.69. The lowest BCUT2D eigenvalue weighted by molar-refractivity contribution is 0.623. The SMILES string of the molecule is Fc1cccc(Cn2ccc3ccccc32)c1.Fc1cccc(Cn2ccc3cccnc32)c1. The van der Waals surface area contributed by atoms with E-state index >= 15 is 0 Å². The van der Waals surface area contributed by atoms with Crippen LogP contribution in [-0.4, -0.2) is 14.1 Å². The lowest BCUT2D eigenvalue weighted by Crippen LogP contribution is -1.99. The summed E-state index contributed by atoms with van der Waals surface area (Å²) in [5.41, 5.74) is 4.02. The van der Waals surface area contributed by atoms with Gasteiger partial charge in [0.1, 0.15) is 17.3 Å². The monoisotopic (exact) mass is 451 g/mol. The second kappa shape index (κ2) is 9.71. The molecule has 0 aliphatic carbocycles. The molecule has 3 aromatic heterocycles. The molecule has 5 heteroatoms. The molecule has 0 saturated heterocycles. The van der Waals surface area contributed by atoms with Gasteiger partial charge in [-0.2, -0.15) is 0 Å². The van der Waals surface area contributed by atoms with Gasteiger partial charge in [0.2, 0.25) is 0 Å². The van der Waals surface area contributed by atoms with Crippen molar-refractivity contribution in [2.24, 2.45) is 0 Å². The van der Waals surface area contributed by atoms with E-state index in [1.54, 1.807) is 30.5 Å². The third-order valence-corrected chi connectivity index (χ3v) is 5.69. The minimum atomic E-state index is -0.202. The van der Waals surface area contributed by atoms with Crippen molar-refractivity contribution >= 4 is 21.9 Å². The fourth-order valence-electron chi connectivity index (χ4n) is 4.09. The van der Waals surface area contributed by atoms with Crippen LogP contribution in [0.5, 0.6) is 0 Å². The van der Waals surface area contributed by atoms with Crippen molar-refractivity contribution in [1.82, 2.24) is 14.1 Å². The van der Waals surface area contributed by atoms with Gasteiger partial charge in [-0.25, -0.2) is 13.8 Å². The number of aromatic nitrogens is 3. The first-order chi connectivity index (χ1) is 16.7. The Labute approximate surface area is 196 Å². The lowest BCUT2D eigenvalue weighted by Gasteiger charge is -2.05. The van der Waals surface area contributed by atoms with Crippen LogP contribution in [0.4, 0.5) is 8.78 Å². The molecule has 0 fully saturated rings. The summed E-state index contributed by atoms with van der Waals surface area (Å²) in [5.74, 6) is -0.383. The van der Waals surface area contributed by atoms with Gasteiger partial charge in [-0.3, -0.25) is 0 Å². The van der Waals surface area contributed by atoms with Crippen LogP contribution in [0.1, 0.15) is 11.1 Å². The first-order valence-electron chi connectivity index (χ1n) is 11.1. The molecule has 3 aromatic carbocycles. The van der Waals surface area contributed by atoms with Gasteiger partial charge in [-0.05, 0) is 71.1 Å². The van der Waals surface area contributed by atoms with E-state index in [2.05, 4.69) is 27.8 Å². The molecule has 0 N–H and O–H groups in total. The van der Waals surface area contributed by atoms with E-state index in [-0.39, 0.29) is 11.6 Å². The van der Waals surface area contributed by atoms with Crippen molar-refractivity contribution in [3.05, 3.63) is 138 Å². The van der Waals surface area contributed by atoms with E-state index in [0.29, 0.717) is 13.1 Å². The van der Waals surface area contributed by atoms with Gasteiger partial charge in [0, 0.05) is 42.6 Å². The maximum Gasteiger partial charge on any atom is 0.140 e. The normalized spacial score (nSPS) is 10.9. The summed E-state index contributed by atoms with van der Waals surface area (Å²) >= 11 is 0. The number of hydrogen-bond acceptors (Lipinski definition) is 1. The molecule has 0 aliphatic rings. The first kappa shape index (κ1) is 21.6. The van der Waals surface area contributed by atoms with E-state index in [0.717, 1.165) is 22.2 Å². The summed E-state index contributed by atoms with van der Waals surface area (Å²) in [6, 6.07) is 29.6. The predicted octanol–water partition coefficient (Wildman–Crippen LogP) is 7.05. The molecule has 34 heavy (non-hydrogen) atoms. The number of rotatable bonds is 4. The van der Waals surface area contributed by atoms with Crippen LogP contribution in [0.25, 0.3) is 21.9 Å². The van der Waals surface area contributed by atoms with Gasteiger partial charge in [-0.15, -0.1) is 0 Å². The summed E-state index contributed by atoms with van der Waals surface area (Å²) in [5, 5.41) is 2.31. The van der Waals surface area contributed by atoms with Crippen LogP contribution in [-0.2, 0) is 13.1 Å². The summed E-state index contributed by atoms with van der Waals surface area (Å²) in [4.78, 5) is 4.33. The molecule has 0 bridgehead atoms. The zero-order chi connectivity index (χ0) is 23.3. The molecule has 3 heterocycles. The van der Waals surface area contributed by atoms with E-state index in [1.807, 2.05) is 59.4 Å². The van der Waals surface area contributed by atoms with Gasteiger partial charge >= 0.3 is 0 Å². The zero-order valence-corrected chi connectivity index (χ0v) is 18.5. The average molecular weight is 452 g/mol. The highest BCUT2D eigenvalue weighted by molar-refractivity contribution is 5.80. The fourth-order valence-corrected chi connectivity index (χ4v) is 4.09. The minimum Gasteiger partial charge on any atom is -0.343 e. The topological polar surface area (TPSA) is 22.8 Å². The van der Waals surface area contributed by atoms with Gasteiger partial charge in [0.05, 0.1) is 0 Å². The van der Waals surface area contributed by atoms with Crippen molar-refractivity contribution in [2.45, 2.75) is 13.1 Å². The van der Waals surface area contributed by atoms with Crippen molar-refractivity contribution < 1.29 is 8.78 Å². The summed E-state index contributed by atoms with van der Waals surface area (Å²) in [7, 11) is 0. The first-order valence-corrected chi connectivity index (χ1v) is 11.1. The quantitative estimate of drug-likeness (QED) is 0.282. The van der Waals surface area contributed by atoms with Crippen molar-refractivity contribution in [3.63, 3.8) is 0 Å². The smallest absolute Gasteiger partial charge is 0.140 e. The molecule has 0 atom stereocenters. The van der Waals surface area contributed by atoms with Crippen LogP contribution in [0.15, 0.2) is 116 Å². The highest BCUT2D eigenvalue weighted by atomic mass is 19.1. The summed E-state index contributed by atoms with van der Waals surface area (Å²) in [6.45, 7) is 1.34. The van der Waals surface area contributed by atoms with E-state index < -0.39 is 0 Å². The zero-order valence-electron chi connectivity index (χ0n) is 18.5. The highest BCUT2D eigenvalue weighted by Crippen LogP contribution is 2.17. The number of pyridine rings is 1. The lowest BCUT2D eigenvalue weighted by atomic mass is 10.2. The molecule has 0 aliphatic heterocycles. The molecule has 3 nitrogen and oxygen atoms in total. The van der Waals surface area contributed by atoms with Crippen molar-refractivity contribution in [1.29, 1.82) is 0 Å². The average Bonchev–Trinajstić information content (AvgIpc) is 3.44. The standard InChI is InChI=1S/C15H12FN.C14H11FN2/c16-14-6-3-4-12(10-14)11-17-9-8-13-5-1-2-7-15(13)17;15-13-5-1-3-11(9-13)10-17-8-6-12-4-2-7-16-14(12)17/h1-10H,11H2;1-9H,10H2. The summed E-state index contributed by atoms with van der Waals surface area (Å²) in [6.07, 6.45) is 5.78. The predicted molar refractivity (Wildman–Crippen MR) is 133 cm³/mol. The Morgan fingerprint density at radius 1 is 0.588 bits per heavy atom. The molecular formula is C29H23F2N3. The minimum absolute atomic E-state index is 0.182. The third kappa shape index (κ3) is 4.89. The van der Waals surface area contributed by atoms with E-state index in [4.69, 9.17) is 0 Å². The van der Waals surface area contributed by atoms with E-state index in [9.17, 15) is 8.78 Å². The fraction of sp³-hybridized carbons (Fsp3) is 0.0690. The molecular weight excluding hydrogens is 428 g/mol. The number of halogens is 2. The van der Waals surface area contributed by atoms with Crippen molar-refractivity contribution in [2.75, 3.05) is 0 Å². The molecule has 0 radical (unpaired) electrons. The number of benzene rings is 3. The molecule has 0 unspecified atom stereocenters.